The van der Waals surface area contributed by atoms with E-state index in [0.717, 1.165) is 31.7 Å². The molecule has 1 aliphatic heterocycles. The van der Waals surface area contributed by atoms with Crippen LogP contribution in [-0.4, -0.2) is 47.2 Å². The van der Waals surface area contributed by atoms with Gasteiger partial charge in [0.25, 0.3) is 0 Å². The Balaban J connectivity index is 1.44. The maximum absolute atomic E-state index is 13.0. The third kappa shape index (κ3) is 4.06. The predicted molar refractivity (Wildman–Crippen MR) is 107 cm³/mol. The number of rotatable bonds is 5. The second-order valence-corrected chi connectivity index (χ2v) is 7.03. The molecule has 28 heavy (non-hydrogen) atoms. The van der Waals surface area contributed by atoms with Crippen LogP contribution in [-0.2, 0) is 4.79 Å². The minimum atomic E-state index is -0.220. The van der Waals surface area contributed by atoms with Gasteiger partial charge in [0.15, 0.2) is 0 Å². The Kier molecular flexibility index (Phi) is 5.37. The lowest BCUT2D eigenvalue weighted by molar-refractivity contribution is -0.131. The molecule has 0 bridgehead atoms. The number of amides is 1. The zero-order valence-corrected chi connectivity index (χ0v) is 16.0. The van der Waals surface area contributed by atoms with Gasteiger partial charge in [-0.3, -0.25) is 4.79 Å². The summed E-state index contributed by atoms with van der Waals surface area (Å²) < 4.78 is 5.66. The van der Waals surface area contributed by atoms with E-state index in [2.05, 4.69) is 27.2 Å². The summed E-state index contributed by atoms with van der Waals surface area (Å²) in [6.07, 6.45) is 0.330. The van der Waals surface area contributed by atoms with Crippen molar-refractivity contribution in [2.24, 2.45) is 0 Å². The van der Waals surface area contributed by atoms with Crippen LogP contribution in [0.25, 0.3) is 0 Å². The SMILES string of the molecule is Cc1nnc(C(CC(=O)N2CCN(c3ccccc3)CC2)c2ccccc2)o1. The van der Waals surface area contributed by atoms with E-state index in [9.17, 15) is 4.79 Å². The minimum Gasteiger partial charge on any atom is -0.425 e. The van der Waals surface area contributed by atoms with Crippen LogP contribution < -0.4 is 4.90 Å². The van der Waals surface area contributed by atoms with Crippen molar-refractivity contribution >= 4 is 11.6 Å². The molecule has 2 aromatic carbocycles. The first kappa shape index (κ1) is 18.2. The van der Waals surface area contributed by atoms with Gasteiger partial charge in [0.05, 0.1) is 5.92 Å². The molecule has 0 saturated carbocycles. The van der Waals surface area contributed by atoms with Gasteiger partial charge in [0.2, 0.25) is 17.7 Å². The third-order valence-corrected chi connectivity index (χ3v) is 5.17. The average Bonchev–Trinajstić information content (AvgIpc) is 3.19. The zero-order chi connectivity index (χ0) is 19.3. The average molecular weight is 376 g/mol. The van der Waals surface area contributed by atoms with Gasteiger partial charge in [-0.05, 0) is 17.7 Å². The number of carbonyl (C=O) groups excluding carboxylic acids is 1. The van der Waals surface area contributed by atoms with Crippen molar-refractivity contribution in [3.8, 4) is 0 Å². The molecular formula is C22H24N4O2. The molecule has 0 aliphatic carbocycles. The molecule has 4 rings (SSSR count). The number of hydrogen-bond acceptors (Lipinski definition) is 5. The Labute approximate surface area is 164 Å². The molecule has 144 valence electrons. The summed E-state index contributed by atoms with van der Waals surface area (Å²) in [4.78, 5) is 17.3. The van der Waals surface area contributed by atoms with Gasteiger partial charge in [0.1, 0.15) is 0 Å². The van der Waals surface area contributed by atoms with E-state index in [4.69, 9.17) is 4.42 Å². The maximum Gasteiger partial charge on any atom is 0.224 e. The highest BCUT2D eigenvalue weighted by Crippen LogP contribution is 2.28. The molecule has 1 aliphatic rings. The smallest absolute Gasteiger partial charge is 0.224 e. The van der Waals surface area contributed by atoms with E-state index < -0.39 is 0 Å². The molecule has 1 atom stereocenters. The summed E-state index contributed by atoms with van der Waals surface area (Å²) in [6, 6.07) is 20.2. The Morgan fingerprint density at radius 2 is 1.61 bits per heavy atom. The molecule has 1 aromatic heterocycles. The molecule has 0 spiro atoms. The summed E-state index contributed by atoms with van der Waals surface area (Å²) in [6.45, 7) is 4.89. The van der Waals surface area contributed by atoms with Crippen LogP contribution in [0, 0.1) is 6.92 Å². The van der Waals surface area contributed by atoms with Crippen molar-refractivity contribution in [1.29, 1.82) is 0 Å². The number of anilines is 1. The van der Waals surface area contributed by atoms with Gasteiger partial charge in [-0.2, -0.15) is 0 Å². The maximum atomic E-state index is 13.0. The fraction of sp³-hybridized carbons (Fsp3) is 0.318. The number of nitrogens with zero attached hydrogens (tertiary/aromatic N) is 4. The Morgan fingerprint density at radius 3 is 2.21 bits per heavy atom. The first-order valence-electron chi connectivity index (χ1n) is 9.63. The molecular weight excluding hydrogens is 352 g/mol. The van der Waals surface area contributed by atoms with Gasteiger partial charge >= 0.3 is 0 Å². The molecule has 6 nitrogen and oxygen atoms in total. The number of aryl methyl sites for hydroxylation is 1. The lowest BCUT2D eigenvalue weighted by Crippen LogP contribution is -2.49. The first-order valence-corrected chi connectivity index (χ1v) is 9.63. The van der Waals surface area contributed by atoms with Crippen LogP contribution >= 0.6 is 0 Å². The van der Waals surface area contributed by atoms with Gasteiger partial charge in [-0.25, -0.2) is 0 Å². The summed E-state index contributed by atoms with van der Waals surface area (Å²) >= 11 is 0. The van der Waals surface area contributed by atoms with E-state index in [-0.39, 0.29) is 11.8 Å². The Morgan fingerprint density at radius 1 is 0.964 bits per heavy atom. The van der Waals surface area contributed by atoms with Crippen LogP contribution in [0.15, 0.2) is 65.1 Å². The molecule has 1 saturated heterocycles. The van der Waals surface area contributed by atoms with Crippen molar-refractivity contribution in [3.63, 3.8) is 0 Å². The monoisotopic (exact) mass is 376 g/mol. The van der Waals surface area contributed by atoms with E-state index in [1.165, 1.54) is 5.69 Å². The molecule has 1 fully saturated rings. The normalized spacial score (nSPS) is 15.5. The summed E-state index contributed by atoms with van der Waals surface area (Å²) in [7, 11) is 0. The van der Waals surface area contributed by atoms with Crippen LogP contribution in [0.1, 0.15) is 29.7 Å². The highest BCUT2D eigenvalue weighted by Gasteiger charge is 2.28. The highest BCUT2D eigenvalue weighted by molar-refractivity contribution is 5.78. The summed E-state index contributed by atoms with van der Waals surface area (Å²) in [5.74, 6) is 0.916. The van der Waals surface area contributed by atoms with Crippen LogP contribution in [0.3, 0.4) is 0 Å². The third-order valence-electron chi connectivity index (χ3n) is 5.17. The Bertz CT molecular complexity index is 903. The second kappa shape index (κ2) is 8.25. The molecule has 1 unspecified atom stereocenters. The quantitative estimate of drug-likeness (QED) is 0.684. The van der Waals surface area contributed by atoms with Crippen molar-refractivity contribution in [3.05, 3.63) is 78.0 Å². The van der Waals surface area contributed by atoms with E-state index in [1.54, 1.807) is 6.92 Å². The predicted octanol–water partition coefficient (Wildman–Crippen LogP) is 3.25. The highest BCUT2D eigenvalue weighted by atomic mass is 16.4. The lowest BCUT2D eigenvalue weighted by atomic mass is 9.95. The zero-order valence-electron chi connectivity index (χ0n) is 16.0. The van der Waals surface area contributed by atoms with Gasteiger partial charge < -0.3 is 14.2 Å². The topological polar surface area (TPSA) is 62.5 Å². The Hall–Kier alpha value is -3.15. The summed E-state index contributed by atoms with van der Waals surface area (Å²) in [5.41, 5.74) is 2.22. The number of benzene rings is 2. The molecule has 1 amide bonds. The van der Waals surface area contributed by atoms with Crippen molar-refractivity contribution in [1.82, 2.24) is 15.1 Å². The fourth-order valence-corrected chi connectivity index (χ4v) is 3.64. The molecule has 3 aromatic rings. The number of carbonyl (C=O) groups is 1. The molecule has 2 heterocycles. The molecule has 0 radical (unpaired) electrons. The molecule has 0 N–H and O–H groups in total. The van der Waals surface area contributed by atoms with Crippen LogP contribution in [0.5, 0.6) is 0 Å². The number of piperazine rings is 1. The number of para-hydroxylation sites is 1. The first-order chi connectivity index (χ1) is 13.7. The van der Waals surface area contributed by atoms with E-state index in [1.807, 2.05) is 53.4 Å². The second-order valence-electron chi connectivity index (χ2n) is 7.03. The van der Waals surface area contributed by atoms with Crippen molar-refractivity contribution in [2.45, 2.75) is 19.3 Å². The number of aromatic nitrogens is 2. The fourth-order valence-electron chi connectivity index (χ4n) is 3.64. The largest absolute Gasteiger partial charge is 0.425 e. The summed E-state index contributed by atoms with van der Waals surface area (Å²) in [5, 5.41) is 8.12. The van der Waals surface area contributed by atoms with Crippen LogP contribution in [0.4, 0.5) is 5.69 Å². The van der Waals surface area contributed by atoms with Crippen LogP contribution in [0.2, 0.25) is 0 Å². The van der Waals surface area contributed by atoms with E-state index in [0.29, 0.717) is 18.2 Å². The van der Waals surface area contributed by atoms with E-state index >= 15 is 0 Å². The lowest BCUT2D eigenvalue weighted by Gasteiger charge is -2.36. The van der Waals surface area contributed by atoms with Gasteiger partial charge in [-0.15, -0.1) is 10.2 Å². The standard InChI is InChI=1S/C22H24N4O2/c1-17-23-24-22(28-17)20(18-8-4-2-5-9-18)16-21(27)26-14-12-25(13-15-26)19-10-6-3-7-11-19/h2-11,20H,12-16H2,1H3. The minimum absolute atomic E-state index is 0.123. The van der Waals surface area contributed by atoms with Crippen molar-refractivity contribution in [2.75, 3.05) is 31.1 Å². The van der Waals surface area contributed by atoms with Gasteiger partial charge in [0, 0.05) is 45.2 Å². The number of hydrogen-bond donors (Lipinski definition) is 0. The molecule has 6 heteroatoms. The van der Waals surface area contributed by atoms with Crippen molar-refractivity contribution < 1.29 is 9.21 Å². The van der Waals surface area contributed by atoms with Gasteiger partial charge in [-0.1, -0.05) is 48.5 Å².